The number of hydrogen-bond donors (Lipinski definition) is 1. The van der Waals surface area contributed by atoms with Gasteiger partial charge in [-0.2, -0.15) is 0 Å². The minimum atomic E-state index is -0.388. The summed E-state index contributed by atoms with van der Waals surface area (Å²) in [6.07, 6.45) is 1.65. The van der Waals surface area contributed by atoms with Crippen LogP contribution in [0.4, 0.5) is 0 Å². The van der Waals surface area contributed by atoms with E-state index < -0.39 is 0 Å². The summed E-state index contributed by atoms with van der Waals surface area (Å²) in [5.41, 5.74) is 2.60. The van der Waals surface area contributed by atoms with Crippen LogP contribution in [0.2, 0.25) is 0 Å². The molecule has 1 amide bonds. The molecule has 0 aliphatic heterocycles. The van der Waals surface area contributed by atoms with Gasteiger partial charge in [-0.1, -0.05) is 75.2 Å². The van der Waals surface area contributed by atoms with E-state index in [1.54, 1.807) is 11.0 Å². The van der Waals surface area contributed by atoms with Crippen molar-refractivity contribution < 1.29 is 9.59 Å². The predicted molar refractivity (Wildman–Crippen MR) is 144 cm³/mol. The number of ketones is 1. The molecule has 6 nitrogen and oxygen atoms in total. The molecule has 0 saturated carbocycles. The van der Waals surface area contributed by atoms with Crippen LogP contribution in [0.25, 0.3) is 16.5 Å². The highest BCUT2D eigenvalue weighted by Crippen LogP contribution is 2.20. The average molecular weight is 484 g/mol. The number of amides is 1. The van der Waals surface area contributed by atoms with Gasteiger partial charge in [0.1, 0.15) is 5.56 Å². The Balaban J connectivity index is 1.67. The van der Waals surface area contributed by atoms with Crippen molar-refractivity contribution in [1.82, 2.24) is 14.7 Å². The number of unbranched alkanes of at least 4 members (excludes halogenated alkanes) is 1. The number of benzene rings is 3. The molecule has 36 heavy (non-hydrogen) atoms. The number of nitrogens with zero attached hydrogens (tertiary/aromatic N) is 2. The van der Waals surface area contributed by atoms with E-state index in [-0.39, 0.29) is 35.3 Å². The van der Waals surface area contributed by atoms with Crippen molar-refractivity contribution in [1.29, 1.82) is 0 Å². The molecular weight excluding hydrogens is 450 g/mol. The molecule has 6 heteroatoms. The fourth-order valence-electron chi connectivity index (χ4n) is 4.38. The molecule has 0 aliphatic carbocycles. The first-order chi connectivity index (χ1) is 17.3. The van der Waals surface area contributed by atoms with Crippen LogP contribution in [0, 0.1) is 6.92 Å². The summed E-state index contributed by atoms with van der Waals surface area (Å²) >= 11 is 0. The van der Waals surface area contributed by atoms with Gasteiger partial charge in [-0.05, 0) is 54.3 Å². The van der Waals surface area contributed by atoms with Crippen molar-refractivity contribution in [3.63, 3.8) is 0 Å². The van der Waals surface area contributed by atoms with E-state index in [4.69, 9.17) is 0 Å². The first-order valence-electron chi connectivity index (χ1n) is 12.5. The Labute approximate surface area is 211 Å². The number of nitrogens with one attached hydrogen (secondary N) is 1. The third-order valence-corrected chi connectivity index (χ3v) is 6.47. The van der Waals surface area contributed by atoms with Crippen LogP contribution in [0.1, 0.15) is 71.5 Å². The number of aromatic nitrogens is 2. The Morgan fingerprint density at radius 3 is 2.33 bits per heavy atom. The van der Waals surface area contributed by atoms with E-state index >= 15 is 0 Å². The van der Waals surface area contributed by atoms with Crippen molar-refractivity contribution in [2.45, 2.75) is 46.5 Å². The molecule has 0 fully saturated rings. The minimum absolute atomic E-state index is 0.0661. The third-order valence-electron chi connectivity index (χ3n) is 6.47. The van der Waals surface area contributed by atoms with Crippen molar-refractivity contribution in [3.05, 3.63) is 99.5 Å². The summed E-state index contributed by atoms with van der Waals surface area (Å²) in [5.74, 6) is -0.622. The molecular formula is C30H33N3O3. The second-order valence-corrected chi connectivity index (χ2v) is 9.60. The summed E-state index contributed by atoms with van der Waals surface area (Å²) in [6.45, 7) is 8.21. The van der Waals surface area contributed by atoms with Crippen LogP contribution in [-0.2, 0) is 0 Å². The zero-order valence-electron chi connectivity index (χ0n) is 21.4. The molecule has 3 aromatic carbocycles. The fraction of sp³-hybridized carbons (Fsp3) is 0.300. The van der Waals surface area contributed by atoms with Gasteiger partial charge < -0.3 is 4.90 Å². The zero-order chi connectivity index (χ0) is 25.8. The average Bonchev–Trinajstić information content (AvgIpc) is 3.23. The predicted octanol–water partition coefficient (Wildman–Crippen LogP) is 5.88. The summed E-state index contributed by atoms with van der Waals surface area (Å²) in [6, 6.07) is 21.0. The Morgan fingerprint density at radius 1 is 0.972 bits per heavy atom. The SMILES string of the molecule is CCCCN(CC(=O)c1c(C(C)C)[nH]n(-c2ccc(C)cc2)c1=O)C(=O)c1ccc2ccccc2c1. The number of hydrogen-bond acceptors (Lipinski definition) is 3. The van der Waals surface area contributed by atoms with E-state index in [2.05, 4.69) is 5.10 Å². The maximum absolute atomic E-state index is 13.6. The summed E-state index contributed by atoms with van der Waals surface area (Å²) < 4.78 is 1.42. The van der Waals surface area contributed by atoms with Gasteiger partial charge in [-0.25, -0.2) is 4.68 Å². The topological polar surface area (TPSA) is 75.2 Å². The molecule has 0 bridgehead atoms. The Kier molecular flexibility index (Phi) is 7.53. The van der Waals surface area contributed by atoms with Crippen molar-refractivity contribution in [2.75, 3.05) is 13.1 Å². The highest BCUT2D eigenvalue weighted by molar-refractivity contribution is 6.04. The maximum Gasteiger partial charge on any atom is 0.282 e. The molecule has 4 rings (SSSR count). The lowest BCUT2D eigenvalue weighted by atomic mass is 10.0. The van der Waals surface area contributed by atoms with Crippen LogP contribution < -0.4 is 5.56 Å². The quantitative estimate of drug-likeness (QED) is 0.302. The second kappa shape index (κ2) is 10.8. The van der Waals surface area contributed by atoms with Gasteiger partial charge in [0.2, 0.25) is 0 Å². The van der Waals surface area contributed by atoms with Gasteiger partial charge in [-0.15, -0.1) is 0 Å². The molecule has 0 spiro atoms. The molecule has 1 N–H and O–H groups in total. The number of carbonyl (C=O) groups excluding carboxylic acids is 2. The highest BCUT2D eigenvalue weighted by atomic mass is 16.2. The van der Waals surface area contributed by atoms with Crippen LogP contribution in [0.5, 0.6) is 0 Å². The molecule has 0 unspecified atom stereocenters. The Morgan fingerprint density at radius 2 is 1.67 bits per heavy atom. The summed E-state index contributed by atoms with van der Waals surface area (Å²) in [5, 5.41) is 5.17. The second-order valence-electron chi connectivity index (χ2n) is 9.60. The first kappa shape index (κ1) is 25.2. The number of aryl methyl sites for hydroxylation is 1. The first-order valence-corrected chi connectivity index (χ1v) is 12.5. The van der Waals surface area contributed by atoms with E-state index in [0.29, 0.717) is 23.5 Å². The minimum Gasteiger partial charge on any atom is -0.331 e. The van der Waals surface area contributed by atoms with Crippen LogP contribution in [0.3, 0.4) is 0 Å². The zero-order valence-corrected chi connectivity index (χ0v) is 21.4. The molecule has 0 atom stereocenters. The van der Waals surface area contributed by atoms with Crippen molar-refractivity contribution in [3.8, 4) is 5.69 Å². The van der Waals surface area contributed by atoms with E-state index in [1.165, 1.54) is 4.68 Å². The third kappa shape index (κ3) is 5.18. The van der Waals surface area contributed by atoms with Crippen molar-refractivity contribution >= 4 is 22.5 Å². The smallest absolute Gasteiger partial charge is 0.282 e. The number of H-pyrrole nitrogens is 1. The van der Waals surface area contributed by atoms with Gasteiger partial charge in [0.15, 0.2) is 5.78 Å². The lowest BCUT2D eigenvalue weighted by Gasteiger charge is -2.22. The monoisotopic (exact) mass is 483 g/mol. The Bertz CT molecular complexity index is 1440. The number of Topliss-reactive ketones (excluding diaryl/α,β-unsaturated/α-hetero) is 1. The number of rotatable bonds is 9. The largest absolute Gasteiger partial charge is 0.331 e. The van der Waals surface area contributed by atoms with Crippen LogP contribution >= 0.6 is 0 Å². The summed E-state index contributed by atoms with van der Waals surface area (Å²) in [7, 11) is 0. The molecule has 186 valence electrons. The van der Waals surface area contributed by atoms with Gasteiger partial charge in [0.05, 0.1) is 17.9 Å². The van der Waals surface area contributed by atoms with Crippen molar-refractivity contribution in [2.24, 2.45) is 0 Å². The van der Waals surface area contributed by atoms with E-state index in [1.807, 2.05) is 88.4 Å². The molecule has 4 aromatic rings. The Hall–Kier alpha value is -3.93. The van der Waals surface area contributed by atoms with Gasteiger partial charge in [0.25, 0.3) is 11.5 Å². The van der Waals surface area contributed by atoms with Gasteiger partial charge in [-0.3, -0.25) is 19.5 Å². The lowest BCUT2D eigenvalue weighted by Crippen LogP contribution is -2.38. The lowest BCUT2D eigenvalue weighted by molar-refractivity contribution is 0.0707. The standard InChI is InChI=1S/C30H33N3O3/c1-5-6-17-32(29(35)24-14-13-22-9-7-8-10-23(22)18-24)19-26(34)27-28(20(2)3)31-33(30(27)36)25-15-11-21(4)12-16-25/h7-16,18,20,31H,5-6,17,19H2,1-4H3. The number of carbonyl (C=O) groups is 2. The molecule has 1 heterocycles. The normalized spacial score (nSPS) is 11.2. The van der Waals surface area contributed by atoms with E-state index in [9.17, 15) is 14.4 Å². The number of aromatic amines is 1. The maximum atomic E-state index is 13.6. The molecule has 0 radical (unpaired) electrons. The fourth-order valence-corrected chi connectivity index (χ4v) is 4.38. The van der Waals surface area contributed by atoms with Gasteiger partial charge in [0, 0.05) is 12.1 Å². The molecule has 1 aromatic heterocycles. The number of fused-ring (bicyclic) bond motifs is 1. The molecule has 0 aliphatic rings. The van der Waals surface area contributed by atoms with E-state index in [0.717, 1.165) is 29.2 Å². The van der Waals surface area contributed by atoms with Gasteiger partial charge >= 0.3 is 0 Å². The van der Waals surface area contributed by atoms with Crippen LogP contribution in [0.15, 0.2) is 71.5 Å². The molecule has 0 saturated heterocycles. The summed E-state index contributed by atoms with van der Waals surface area (Å²) in [4.78, 5) is 42.1. The highest BCUT2D eigenvalue weighted by Gasteiger charge is 2.27. The van der Waals surface area contributed by atoms with Crippen LogP contribution in [-0.4, -0.2) is 39.5 Å².